The van der Waals surface area contributed by atoms with E-state index in [1.54, 1.807) is 30.3 Å². The fourth-order valence-electron chi connectivity index (χ4n) is 2.08. The molecule has 0 fully saturated rings. The maximum atomic E-state index is 13.2. The molecular formula is C16H10F3NOS2. The molecule has 3 rings (SSSR count). The number of fused-ring (bicyclic) bond motifs is 1. The smallest absolute Gasteiger partial charge is 0.288 e. The van der Waals surface area contributed by atoms with Crippen LogP contribution < -0.4 is 5.32 Å². The minimum absolute atomic E-state index is 0.294. The van der Waals surface area contributed by atoms with Crippen molar-refractivity contribution in [3.8, 4) is 0 Å². The molecule has 0 bridgehead atoms. The van der Waals surface area contributed by atoms with Gasteiger partial charge in [-0.15, -0.1) is 11.3 Å². The van der Waals surface area contributed by atoms with E-state index in [4.69, 9.17) is 0 Å². The van der Waals surface area contributed by atoms with Gasteiger partial charge in [-0.3, -0.25) is 4.79 Å². The molecule has 0 aliphatic heterocycles. The van der Waals surface area contributed by atoms with Crippen LogP contribution in [0.3, 0.4) is 0 Å². The Kier molecular flexibility index (Phi) is 4.58. The number of thioether (sulfide) groups is 1. The van der Waals surface area contributed by atoms with Crippen LogP contribution in [0.25, 0.3) is 10.1 Å². The molecule has 2 nitrogen and oxygen atoms in total. The van der Waals surface area contributed by atoms with E-state index in [1.165, 1.54) is 29.5 Å². The maximum Gasteiger partial charge on any atom is 0.288 e. The number of hydrogen-bond donors (Lipinski definition) is 1. The summed E-state index contributed by atoms with van der Waals surface area (Å²) in [6.45, 7) is 0. The fraction of sp³-hybridized carbons (Fsp3) is 0.0625. The Labute approximate surface area is 138 Å². The molecule has 0 aliphatic rings. The van der Waals surface area contributed by atoms with Gasteiger partial charge < -0.3 is 5.32 Å². The van der Waals surface area contributed by atoms with Crippen molar-refractivity contribution in [3.05, 3.63) is 59.2 Å². The van der Waals surface area contributed by atoms with Crippen molar-refractivity contribution in [1.29, 1.82) is 0 Å². The van der Waals surface area contributed by atoms with E-state index in [2.05, 4.69) is 5.32 Å². The number of para-hydroxylation sites is 1. The highest BCUT2D eigenvalue weighted by Crippen LogP contribution is 2.33. The van der Waals surface area contributed by atoms with Gasteiger partial charge in [0.15, 0.2) is 0 Å². The molecule has 118 valence electrons. The molecule has 0 spiro atoms. The first-order chi connectivity index (χ1) is 11.0. The van der Waals surface area contributed by atoms with Crippen LogP contribution in [0.2, 0.25) is 0 Å². The van der Waals surface area contributed by atoms with E-state index < -0.39 is 11.7 Å². The average molecular weight is 353 g/mol. The predicted molar refractivity (Wildman–Crippen MR) is 88.0 cm³/mol. The SMILES string of the molecule is O=C(Nc1ccccc1SC(F)F)c1cc2cc(F)ccc2s1. The van der Waals surface area contributed by atoms with Crippen LogP contribution in [0.15, 0.2) is 53.4 Å². The van der Waals surface area contributed by atoms with Gasteiger partial charge in [0.25, 0.3) is 11.7 Å². The summed E-state index contributed by atoms with van der Waals surface area (Å²) in [4.78, 5) is 13.0. The second-order valence-electron chi connectivity index (χ2n) is 4.62. The van der Waals surface area contributed by atoms with Gasteiger partial charge in [-0.1, -0.05) is 23.9 Å². The minimum Gasteiger partial charge on any atom is -0.320 e. The second-order valence-corrected chi connectivity index (χ2v) is 6.74. The lowest BCUT2D eigenvalue weighted by Crippen LogP contribution is -2.10. The first kappa shape index (κ1) is 15.9. The topological polar surface area (TPSA) is 29.1 Å². The Morgan fingerprint density at radius 1 is 1.13 bits per heavy atom. The number of rotatable bonds is 4. The maximum absolute atomic E-state index is 13.2. The van der Waals surface area contributed by atoms with Gasteiger partial charge in [-0.2, -0.15) is 8.78 Å². The number of benzene rings is 2. The number of anilines is 1. The molecule has 0 radical (unpaired) electrons. The van der Waals surface area contributed by atoms with Crippen molar-refractivity contribution in [2.75, 3.05) is 5.32 Å². The number of halogens is 3. The van der Waals surface area contributed by atoms with Crippen LogP contribution in [0.4, 0.5) is 18.9 Å². The number of nitrogens with one attached hydrogen (secondary N) is 1. The Morgan fingerprint density at radius 3 is 2.70 bits per heavy atom. The molecule has 23 heavy (non-hydrogen) atoms. The third-order valence-corrected chi connectivity index (χ3v) is 4.96. The zero-order valence-corrected chi connectivity index (χ0v) is 13.2. The summed E-state index contributed by atoms with van der Waals surface area (Å²) in [5.41, 5.74) is 0.325. The predicted octanol–water partition coefficient (Wildman–Crippen LogP) is 5.61. The average Bonchev–Trinajstić information content (AvgIpc) is 2.92. The van der Waals surface area contributed by atoms with Gasteiger partial charge >= 0.3 is 0 Å². The van der Waals surface area contributed by atoms with Crippen molar-refractivity contribution >= 4 is 44.8 Å². The van der Waals surface area contributed by atoms with E-state index in [1.807, 2.05) is 0 Å². The van der Waals surface area contributed by atoms with Crippen LogP contribution in [0, 0.1) is 5.82 Å². The number of hydrogen-bond acceptors (Lipinski definition) is 3. The molecule has 1 aromatic heterocycles. The lowest BCUT2D eigenvalue weighted by Gasteiger charge is -2.09. The quantitative estimate of drug-likeness (QED) is 0.618. The lowest BCUT2D eigenvalue weighted by atomic mass is 10.2. The summed E-state index contributed by atoms with van der Waals surface area (Å²) < 4.78 is 39.1. The highest BCUT2D eigenvalue weighted by Gasteiger charge is 2.15. The second kappa shape index (κ2) is 6.64. The van der Waals surface area contributed by atoms with Crippen molar-refractivity contribution in [2.24, 2.45) is 0 Å². The number of carbonyl (C=O) groups is 1. The lowest BCUT2D eigenvalue weighted by molar-refractivity contribution is 0.103. The van der Waals surface area contributed by atoms with Gasteiger partial charge in [-0.05, 0) is 41.8 Å². The van der Waals surface area contributed by atoms with Crippen molar-refractivity contribution < 1.29 is 18.0 Å². The van der Waals surface area contributed by atoms with Crippen LogP contribution >= 0.6 is 23.1 Å². The molecule has 3 aromatic rings. The monoisotopic (exact) mass is 353 g/mol. The summed E-state index contributed by atoms with van der Waals surface area (Å²) in [5, 5.41) is 3.27. The molecule has 0 atom stereocenters. The molecule has 1 heterocycles. The Bertz CT molecular complexity index is 863. The van der Waals surface area contributed by atoms with Crippen LogP contribution in [0.5, 0.6) is 0 Å². The number of amides is 1. The highest BCUT2D eigenvalue weighted by molar-refractivity contribution is 7.99. The van der Waals surface area contributed by atoms with E-state index in [0.29, 0.717) is 32.6 Å². The highest BCUT2D eigenvalue weighted by atomic mass is 32.2. The van der Waals surface area contributed by atoms with E-state index in [-0.39, 0.29) is 5.82 Å². The third-order valence-electron chi connectivity index (χ3n) is 3.05. The molecule has 2 aromatic carbocycles. The normalized spacial score (nSPS) is 11.1. The first-order valence-corrected chi connectivity index (χ1v) is 8.27. The minimum atomic E-state index is -2.57. The van der Waals surface area contributed by atoms with Gasteiger partial charge in [0, 0.05) is 9.60 Å². The zero-order chi connectivity index (χ0) is 16.4. The molecule has 0 saturated heterocycles. The largest absolute Gasteiger partial charge is 0.320 e. The van der Waals surface area contributed by atoms with Gasteiger partial charge in [0.05, 0.1) is 10.6 Å². The molecule has 0 unspecified atom stereocenters. The summed E-state index contributed by atoms with van der Waals surface area (Å²) in [6.07, 6.45) is 0. The Morgan fingerprint density at radius 2 is 1.91 bits per heavy atom. The summed E-state index contributed by atoms with van der Waals surface area (Å²) in [6, 6.07) is 12.2. The van der Waals surface area contributed by atoms with Gasteiger partial charge in [-0.25, -0.2) is 4.39 Å². The molecule has 1 amide bonds. The molecule has 1 N–H and O–H groups in total. The third kappa shape index (κ3) is 3.68. The zero-order valence-electron chi connectivity index (χ0n) is 11.6. The molecule has 0 aliphatic carbocycles. The van der Waals surface area contributed by atoms with Crippen molar-refractivity contribution in [1.82, 2.24) is 0 Å². The summed E-state index contributed by atoms with van der Waals surface area (Å²) in [7, 11) is 0. The molecule has 7 heteroatoms. The first-order valence-electron chi connectivity index (χ1n) is 6.57. The Balaban J connectivity index is 1.86. The fourth-order valence-corrected chi connectivity index (χ4v) is 3.61. The van der Waals surface area contributed by atoms with Crippen molar-refractivity contribution in [3.63, 3.8) is 0 Å². The van der Waals surface area contributed by atoms with Crippen molar-refractivity contribution in [2.45, 2.75) is 10.7 Å². The van der Waals surface area contributed by atoms with E-state index in [0.717, 1.165) is 4.70 Å². The van der Waals surface area contributed by atoms with Crippen LogP contribution in [-0.4, -0.2) is 11.7 Å². The summed E-state index contributed by atoms with van der Waals surface area (Å²) in [5.74, 6) is -3.35. The van der Waals surface area contributed by atoms with E-state index in [9.17, 15) is 18.0 Å². The summed E-state index contributed by atoms with van der Waals surface area (Å²) >= 11 is 1.59. The number of thiophene rings is 1. The van der Waals surface area contributed by atoms with Crippen LogP contribution in [-0.2, 0) is 0 Å². The number of alkyl halides is 2. The number of carbonyl (C=O) groups excluding carboxylic acids is 1. The standard InChI is InChI=1S/C16H10F3NOS2/c17-10-5-6-12-9(7-10)8-14(22-12)15(21)20-11-3-1-2-4-13(11)23-16(18)19/h1-8,16H,(H,20,21). The Hall–Kier alpha value is -1.99. The van der Waals surface area contributed by atoms with Gasteiger partial charge in [0.1, 0.15) is 5.82 Å². The molecular weight excluding hydrogens is 343 g/mol. The molecule has 0 saturated carbocycles. The van der Waals surface area contributed by atoms with Crippen LogP contribution in [0.1, 0.15) is 9.67 Å². The van der Waals surface area contributed by atoms with E-state index >= 15 is 0 Å². The van der Waals surface area contributed by atoms with Gasteiger partial charge in [0.2, 0.25) is 0 Å².